The number of hydrogen-bond donors (Lipinski definition) is 0. The highest BCUT2D eigenvalue weighted by atomic mass is 31.2. The zero-order valence-electron chi connectivity index (χ0n) is 12.3. The lowest BCUT2D eigenvalue weighted by Crippen LogP contribution is -2.33. The van der Waals surface area contributed by atoms with Crippen LogP contribution in [-0.4, -0.2) is 30.3 Å². The van der Waals surface area contributed by atoms with Crippen LogP contribution in [0.3, 0.4) is 0 Å². The zero-order valence-corrected chi connectivity index (χ0v) is 13.2. The summed E-state index contributed by atoms with van der Waals surface area (Å²) < 4.78 is 51.3. The van der Waals surface area contributed by atoms with Gasteiger partial charge in [-0.2, -0.15) is 8.78 Å². The summed E-state index contributed by atoms with van der Waals surface area (Å²) in [5, 5.41) is 10.8. The highest BCUT2D eigenvalue weighted by molar-refractivity contribution is 7.55. The van der Waals surface area contributed by atoms with Crippen molar-refractivity contribution in [1.82, 2.24) is 0 Å². The fourth-order valence-electron chi connectivity index (χ4n) is 1.99. The summed E-state index contributed by atoms with van der Waals surface area (Å²) in [5.74, 6) is -1.91. The first-order valence-corrected chi connectivity index (χ1v) is 8.26. The molecule has 6 nitrogen and oxygen atoms in total. The van der Waals surface area contributed by atoms with E-state index in [1.807, 2.05) is 0 Å². The normalized spacial score (nSPS) is 13.8. The van der Waals surface area contributed by atoms with E-state index in [1.54, 1.807) is 6.07 Å². The average Bonchev–Trinajstić information content (AvgIpc) is 2.45. The van der Waals surface area contributed by atoms with Gasteiger partial charge in [0.1, 0.15) is 5.92 Å². The van der Waals surface area contributed by atoms with Gasteiger partial charge >= 0.3 is 13.3 Å². The summed E-state index contributed by atoms with van der Waals surface area (Å²) in [6, 6.07) is 7.19. The molecule has 22 heavy (non-hydrogen) atoms. The van der Waals surface area contributed by atoms with E-state index in [2.05, 4.69) is 9.05 Å². The van der Waals surface area contributed by atoms with Crippen LogP contribution >= 0.6 is 7.60 Å². The molecule has 0 aliphatic heterocycles. The summed E-state index contributed by atoms with van der Waals surface area (Å²) in [4.78, 5) is 9.91. The van der Waals surface area contributed by atoms with Crippen molar-refractivity contribution in [3.05, 3.63) is 46.0 Å². The smallest absolute Gasteiger partial charge is 0.305 e. The summed E-state index contributed by atoms with van der Waals surface area (Å²) in [6.07, 6.45) is 0. The highest BCUT2D eigenvalue weighted by Gasteiger charge is 2.60. The molecule has 0 heterocycles. The summed E-state index contributed by atoms with van der Waals surface area (Å²) in [6.45, 7) is 1.19. The SMILES string of the molecule is CCOP(=O)(OCC)C(F)(F)C(C[N+](=O)[O-])c1ccccc1. The third-order valence-corrected chi connectivity index (χ3v) is 5.15. The van der Waals surface area contributed by atoms with Crippen LogP contribution in [0.1, 0.15) is 25.3 Å². The molecule has 124 valence electrons. The maximum absolute atomic E-state index is 14.7. The Morgan fingerprint density at radius 3 is 2.14 bits per heavy atom. The van der Waals surface area contributed by atoms with E-state index < -0.39 is 30.6 Å². The molecule has 9 heteroatoms. The molecule has 0 spiro atoms. The van der Waals surface area contributed by atoms with Gasteiger partial charge in [-0.25, -0.2) is 0 Å². The van der Waals surface area contributed by atoms with Gasteiger partial charge in [0.05, 0.1) is 13.2 Å². The minimum absolute atomic E-state index is 0.00355. The molecule has 0 saturated heterocycles. The maximum atomic E-state index is 14.7. The Kier molecular flexibility index (Phi) is 6.59. The molecule has 0 amide bonds. The molecule has 0 bridgehead atoms. The summed E-state index contributed by atoms with van der Waals surface area (Å²) in [5.41, 5.74) is -4.02. The van der Waals surface area contributed by atoms with Gasteiger partial charge in [-0.15, -0.1) is 0 Å². The van der Waals surface area contributed by atoms with Crippen molar-refractivity contribution in [3.8, 4) is 0 Å². The Hall–Kier alpha value is -1.37. The molecule has 0 fully saturated rings. The van der Waals surface area contributed by atoms with Gasteiger partial charge in [0.15, 0.2) is 0 Å². The number of hydrogen-bond acceptors (Lipinski definition) is 5. The second-order valence-electron chi connectivity index (χ2n) is 4.40. The maximum Gasteiger partial charge on any atom is 0.400 e. The van der Waals surface area contributed by atoms with Crippen molar-refractivity contribution in [2.45, 2.75) is 25.4 Å². The number of rotatable bonds is 9. The molecule has 0 radical (unpaired) electrons. The molecule has 1 atom stereocenters. The van der Waals surface area contributed by atoms with Crippen LogP contribution in [0.4, 0.5) is 8.78 Å². The lowest BCUT2D eigenvalue weighted by atomic mass is 9.99. The number of nitrogens with zero attached hydrogens (tertiary/aromatic N) is 1. The number of alkyl halides is 2. The fraction of sp³-hybridized carbons (Fsp3) is 0.538. The van der Waals surface area contributed by atoms with Gasteiger partial charge in [-0.05, 0) is 19.4 Å². The van der Waals surface area contributed by atoms with Crippen LogP contribution in [0, 0.1) is 10.1 Å². The molecular formula is C13H18F2NO5P. The molecule has 0 saturated carbocycles. The Balaban J connectivity index is 3.31. The molecule has 1 aromatic rings. The van der Waals surface area contributed by atoms with Crippen molar-refractivity contribution in [1.29, 1.82) is 0 Å². The molecule has 0 aliphatic carbocycles. The van der Waals surface area contributed by atoms with E-state index in [-0.39, 0.29) is 18.8 Å². The van der Waals surface area contributed by atoms with Gasteiger partial charge < -0.3 is 9.05 Å². The lowest BCUT2D eigenvalue weighted by molar-refractivity contribution is -0.487. The van der Waals surface area contributed by atoms with Crippen LogP contribution in [0.15, 0.2) is 30.3 Å². The summed E-state index contributed by atoms with van der Waals surface area (Å²) in [7, 11) is -4.84. The van der Waals surface area contributed by atoms with E-state index in [0.717, 1.165) is 0 Å². The Morgan fingerprint density at radius 1 is 1.23 bits per heavy atom. The zero-order chi connectivity index (χ0) is 16.8. The third kappa shape index (κ3) is 4.09. The average molecular weight is 337 g/mol. The van der Waals surface area contributed by atoms with Crippen molar-refractivity contribution in [2.24, 2.45) is 0 Å². The first-order valence-electron chi connectivity index (χ1n) is 6.72. The number of halogens is 2. The minimum atomic E-state index is -4.84. The quantitative estimate of drug-likeness (QED) is 0.388. The van der Waals surface area contributed by atoms with Crippen molar-refractivity contribution in [3.63, 3.8) is 0 Å². The van der Waals surface area contributed by atoms with E-state index in [9.17, 15) is 23.5 Å². The van der Waals surface area contributed by atoms with Crippen molar-refractivity contribution >= 4 is 7.60 Å². The van der Waals surface area contributed by atoms with Crippen LogP contribution in [0.2, 0.25) is 0 Å². The van der Waals surface area contributed by atoms with Crippen molar-refractivity contribution in [2.75, 3.05) is 19.8 Å². The van der Waals surface area contributed by atoms with Crippen LogP contribution in [0.25, 0.3) is 0 Å². The Labute approximate surface area is 127 Å². The molecule has 0 N–H and O–H groups in total. The highest BCUT2D eigenvalue weighted by Crippen LogP contribution is 2.66. The van der Waals surface area contributed by atoms with Crippen LogP contribution < -0.4 is 0 Å². The molecule has 0 aromatic heterocycles. The first kappa shape index (κ1) is 18.7. The van der Waals surface area contributed by atoms with Gasteiger partial charge in [0.25, 0.3) is 0 Å². The Morgan fingerprint density at radius 2 is 1.73 bits per heavy atom. The van der Waals surface area contributed by atoms with Gasteiger partial charge in [0, 0.05) is 4.92 Å². The molecule has 1 rings (SSSR count). The van der Waals surface area contributed by atoms with Gasteiger partial charge in [-0.3, -0.25) is 14.7 Å². The second-order valence-corrected chi connectivity index (χ2v) is 6.51. The molecule has 0 aliphatic rings. The standard InChI is InChI=1S/C13H18F2NO5P/c1-3-20-22(19,21-4-2)13(14,15)12(10-16(17)18)11-8-6-5-7-9-11/h5-9,12H,3-4,10H2,1-2H3. The fourth-order valence-corrected chi connectivity index (χ4v) is 3.70. The van der Waals surface area contributed by atoms with Crippen molar-refractivity contribution < 1.29 is 27.3 Å². The predicted octanol–water partition coefficient (Wildman–Crippen LogP) is 3.91. The largest absolute Gasteiger partial charge is 0.400 e. The number of nitro groups is 1. The van der Waals surface area contributed by atoms with E-state index in [4.69, 9.17) is 0 Å². The third-order valence-electron chi connectivity index (χ3n) is 2.92. The van der Waals surface area contributed by atoms with Gasteiger partial charge in [-0.1, -0.05) is 30.3 Å². The monoisotopic (exact) mass is 337 g/mol. The van der Waals surface area contributed by atoms with E-state index in [1.165, 1.54) is 38.1 Å². The van der Waals surface area contributed by atoms with E-state index >= 15 is 0 Å². The predicted molar refractivity (Wildman–Crippen MR) is 76.8 cm³/mol. The molecule has 1 unspecified atom stereocenters. The minimum Gasteiger partial charge on any atom is -0.305 e. The van der Waals surface area contributed by atoms with Crippen LogP contribution in [-0.2, 0) is 13.6 Å². The Bertz CT molecular complexity index is 530. The molecule has 1 aromatic carbocycles. The van der Waals surface area contributed by atoms with Crippen LogP contribution in [0.5, 0.6) is 0 Å². The van der Waals surface area contributed by atoms with E-state index in [0.29, 0.717) is 0 Å². The topological polar surface area (TPSA) is 78.7 Å². The first-order chi connectivity index (χ1) is 10.3. The summed E-state index contributed by atoms with van der Waals surface area (Å²) >= 11 is 0. The lowest BCUT2D eigenvalue weighted by Gasteiger charge is -2.30. The second kappa shape index (κ2) is 7.76. The number of benzene rings is 1. The van der Waals surface area contributed by atoms with Gasteiger partial charge in [0.2, 0.25) is 6.54 Å². The molecular weight excluding hydrogens is 319 g/mol.